The number of ether oxygens (including phenoxy) is 3. The van der Waals surface area contributed by atoms with Crippen molar-refractivity contribution in [2.45, 2.75) is 26.4 Å². The quantitative estimate of drug-likeness (QED) is 0.513. The molecule has 2 aromatic heterocycles. The van der Waals surface area contributed by atoms with Gasteiger partial charge in [0.1, 0.15) is 5.65 Å². The number of benzene rings is 1. The SMILES string of the molecule is CCCN(Cc1cc(OC)c(OC)c(OC)c1)Cc1cc(=O)n2cc(Cl)ccc2n1. The second-order valence-electron chi connectivity index (χ2n) is 6.91. The zero-order valence-corrected chi connectivity index (χ0v) is 18.4. The summed E-state index contributed by atoms with van der Waals surface area (Å²) in [6.07, 6.45) is 2.54. The van der Waals surface area contributed by atoms with Gasteiger partial charge in [0, 0.05) is 25.4 Å². The molecule has 0 fully saturated rings. The van der Waals surface area contributed by atoms with E-state index in [1.54, 1.807) is 45.7 Å². The Morgan fingerprint density at radius 3 is 2.33 bits per heavy atom. The van der Waals surface area contributed by atoms with E-state index in [9.17, 15) is 4.79 Å². The lowest BCUT2D eigenvalue weighted by Crippen LogP contribution is -2.26. The van der Waals surface area contributed by atoms with E-state index in [1.165, 1.54) is 4.40 Å². The van der Waals surface area contributed by atoms with Crippen molar-refractivity contribution in [3.05, 3.63) is 63.2 Å². The zero-order chi connectivity index (χ0) is 21.7. The monoisotopic (exact) mass is 431 g/mol. The maximum atomic E-state index is 12.5. The molecule has 1 aromatic carbocycles. The van der Waals surface area contributed by atoms with E-state index in [0.717, 1.165) is 18.5 Å². The molecule has 0 radical (unpaired) electrons. The molecule has 0 saturated heterocycles. The summed E-state index contributed by atoms with van der Waals surface area (Å²) >= 11 is 5.99. The van der Waals surface area contributed by atoms with Gasteiger partial charge in [-0.05, 0) is 42.8 Å². The van der Waals surface area contributed by atoms with Crippen LogP contribution in [0.15, 0.2) is 41.3 Å². The fourth-order valence-electron chi connectivity index (χ4n) is 3.45. The smallest absolute Gasteiger partial charge is 0.258 e. The summed E-state index contributed by atoms with van der Waals surface area (Å²) in [5.41, 5.74) is 2.15. The number of fused-ring (bicyclic) bond motifs is 1. The van der Waals surface area contributed by atoms with Crippen molar-refractivity contribution >= 4 is 17.2 Å². The molecule has 0 N–H and O–H groups in total. The molecule has 8 heteroatoms. The summed E-state index contributed by atoms with van der Waals surface area (Å²) in [6.45, 7) is 4.15. The second kappa shape index (κ2) is 9.82. The van der Waals surface area contributed by atoms with Crippen molar-refractivity contribution in [3.63, 3.8) is 0 Å². The van der Waals surface area contributed by atoms with Crippen LogP contribution in [0.25, 0.3) is 5.65 Å². The summed E-state index contributed by atoms with van der Waals surface area (Å²) in [5, 5.41) is 0.495. The van der Waals surface area contributed by atoms with Gasteiger partial charge in [0.05, 0.1) is 32.0 Å². The highest BCUT2D eigenvalue weighted by Crippen LogP contribution is 2.38. The van der Waals surface area contributed by atoms with E-state index >= 15 is 0 Å². The average Bonchev–Trinajstić information content (AvgIpc) is 2.73. The Kier molecular flexibility index (Phi) is 7.18. The molecule has 0 aliphatic carbocycles. The first kappa shape index (κ1) is 21.9. The maximum Gasteiger partial charge on any atom is 0.258 e. The van der Waals surface area contributed by atoms with Crippen LogP contribution in [-0.4, -0.2) is 42.2 Å². The fourth-order valence-corrected chi connectivity index (χ4v) is 3.61. The molecule has 2 heterocycles. The van der Waals surface area contributed by atoms with Gasteiger partial charge in [0.15, 0.2) is 11.5 Å². The molecule has 0 aliphatic rings. The Bertz CT molecular complexity index is 1060. The van der Waals surface area contributed by atoms with Gasteiger partial charge in [0.2, 0.25) is 5.75 Å². The molecule has 3 aromatic rings. The van der Waals surface area contributed by atoms with Crippen LogP contribution < -0.4 is 19.8 Å². The summed E-state index contributed by atoms with van der Waals surface area (Å²) in [5.74, 6) is 1.79. The first-order chi connectivity index (χ1) is 14.5. The number of pyridine rings is 1. The van der Waals surface area contributed by atoms with Crippen LogP contribution >= 0.6 is 11.6 Å². The highest BCUT2D eigenvalue weighted by molar-refractivity contribution is 6.30. The Labute approximate surface area is 180 Å². The standard InChI is InChI=1S/C22H26ClN3O4/c1-5-8-25(12-15-9-18(28-2)22(30-4)19(10-15)29-3)14-17-11-21(27)26-13-16(23)6-7-20(26)24-17/h6-7,9-11,13H,5,8,12,14H2,1-4H3. The van der Waals surface area contributed by atoms with E-state index in [4.69, 9.17) is 25.8 Å². The van der Waals surface area contributed by atoms with Gasteiger partial charge in [-0.1, -0.05) is 18.5 Å². The normalized spacial score (nSPS) is 11.1. The van der Waals surface area contributed by atoms with Gasteiger partial charge >= 0.3 is 0 Å². The maximum absolute atomic E-state index is 12.5. The molecule has 0 atom stereocenters. The van der Waals surface area contributed by atoms with E-state index in [1.807, 2.05) is 12.1 Å². The first-order valence-electron chi connectivity index (χ1n) is 9.68. The van der Waals surface area contributed by atoms with Crippen LogP contribution in [0.5, 0.6) is 17.2 Å². The van der Waals surface area contributed by atoms with Crippen molar-refractivity contribution in [2.75, 3.05) is 27.9 Å². The Hall–Kier alpha value is -2.77. The third kappa shape index (κ3) is 4.86. The molecule has 0 aliphatic heterocycles. The van der Waals surface area contributed by atoms with Crippen molar-refractivity contribution in [1.82, 2.24) is 14.3 Å². The molecule has 0 unspecified atom stereocenters. The minimum atomic E-state index is -0.151. The minimum Gasteiger partial charge on any atom is -0.493 e. The van der Waals surface area contributed by atoms with Crippen molar-refractivity contribution in [2.24, 2.45) is 0 Å². The highest BCUT2D eigenvalue weighted by atomic mass is 35.5. The van der Waals surface area contributed by atoms with E-state index in [2.05, 4.69) is 16.8 Å². The summed E-state index contributed by atoms with van der Waals surface area (Å²) in [6, 6.07) is 8.91. The van der Waals surface area contributed by atoms with Crippen molar-refractivity contribution in [3.8, 4) is 17.2 Å². The predicted molar refractivity (Wildman–Crippen MR) is 117 cm³/mol. The molecule has 0 bridgehead atoms. The third-order valence-electron chi connectivity index (χ3n) is 4.73. The van der Waals surface area contributed by atoms with Crippen molar-refractivity contribution < 1.29 is 14.2 Å². The van der Waals surface area contributed by atoms with Crippen LogP contribution in [-0.2, 0) is 13.1 Å². The van der Waals surface area contributed by atoms with Crippen LogP contribution in [0, 0.1) is 0 Å². The van der Waals surface area contributed by atoms with E-state index < -0.39 is 0 Å². The Morgan fingerprint density at radius 1 is 1.03 bits per heavy atom. The lowest BCUT2D eigenvalue weighted by atomic mass is 10.1. The minimum absolute atomic E-state index is 0.151. The van der Waals surface area contributed by atoms with Crippen LogP contribution in [0.3, 0.4) is 0 Å². The number of methoxy groups -OCH3 is 3. The summed E-state index contributed by atoms with van der Waals surface area (Å²) in [4.78, 5) is 19.3. The van der Waals surface area contributed by atoms with Gasteiger partial charge < -0.3 is 14.2 Å². The Morgan fingerprint density at radius 2 is 1.73 bits per heavy atom. The van der Waals surface area contributed by atoms with Gasteiger partial charge in [0.25, 0.3) is 5.56 Å². The molecule has 30 heavy (non-hydrogen) atoms. The first-order valence-corrected chi connectivity index (χ1v) is 10.1. The molecule has 7 nitrogen and oxygen atoms in total. The number of rotatable bonds is 9. The van der Waals surface area contributed by atoms with Crippen molar-refractivity contribution in [1.29, 1.82) is 0 Å². The van der Waals surface area contributed by atoms with E-state index in [-0.39, 0.29) is 5.56 Å². The fraction of sp³-hybridized carbons (Fsp3) is 0.364. The molecule has 0 amide bonds. The van der Waals surface area contributed by atoms with Gasteiger partial charge in [-0.2, -0.15) is 0 Å². The topological polar surface area (TPSA) is 65.3 Å². The number of nitrogens with zero attached hydrogens (tertiary/aromatic N) is 3. The van der Waals surface area contributed by atoms with Crippen LogP contribution in [0.1, 0.15) is 24.6 Å². The largest absolute Gasteiger partial charge is 0.493 e. The second-order valence-corrected chi connectivity index (χ2v) is 7.34. The lowest BCUT2D eigenvalue weighted by Gasteiger charge is -2.23. The zero-order valence-electron chi connectivity index (χ0n) is 17.6. The lowest BCUT2D eigenvalue weighted by molar-refractivity contribution is 0.252. The van der Waals surface area contributed by atoms with Gasteiger partial charge in [-0.15, -0.1) is 0 Å². The number of aromatic nitrogens is 2. The molecule has 0 saturated carbocycles. The third-order valence-corrected chi connectivity index (χ3v) is 4.96. The number of hydrogen-bond acceptors (Lipinski definition) is 6. The van der Waals surface area contributed by atoms with Crippen LogP contribution in [0.4, 0.5) is 0 Å². The number of halogens is 1. The Balaban J connectivity index is 1.89. The predicted octanol–water partition coefficient (Wildman–Crippen LogP) is 3.79. The van der Waals surface area contributed by atoms with Gasteiger partial charge in [-0.25, -0.2) is 4.98 Å². The molecule has 160 valence electrons. The average molecular weight is 432 g/mol. The summed E-state index contributed by atoms with van der Waals surface area (Å²) < 4.78 is 17.8. The molecule has 3 rings (SSSR count). The summed E-state index contributed by atoms with van der Waals surface area (Å²) in [7, 11) is 4.79. The molecule has 0 spiro atoms. The molecular weight excluding hydrogens is 406 g/mol. The number of hydrogen-bond donors (Lipinski definition) is 0. The van der Waals surface area contributed by atoms with Crippen LogP contribution in [0.2, 0.25) is 5.02 Å². The van der Waals surface area contributed by atoms with Gasteiger partial charge in [-0.3, -0.25) is 14.1 Å². The molecular formula is C22H26ClN3O4. The highest BCUT2D eigenvalue weighted by Gasteiger charge is 2.16. The van der Waals surface area contributed by atoms with E-state index in [0.29, 0.717) is 46.7 Å².